The molecule has 2 N–H and O–H groups in total. The van der Waals surface area contributed by atoms with Crippen LogP contribution in [0.25, 0.3) is 0 Å². The van der Waals surface area contributed by atoms with Gasteiger partial charge in [-0.2, -0.15) is 0 Å². The second kappa shape index (κ2) is 6.83. The van der Waals surface area contributed by atoms with Crippen molar-refractivity contribution >= 4 is 17.4 Å². The van der Waals surface area contributed by atoms with Crippen LogP contribution in [0.1, 0.15) is 19.4 Å². The van der Waals surface area contributed by atoms with Gasteiger partial charge in [-0.15, -0.1) is 0 Å². The SMILES string of the molecule is CC(C)C(=O)Nc1ccc(NCc2ccccc2F)cn1. The Labute approximate surface area is 123 Å². The van der Waals surface area contributed by atoms with Gasteiger partial charge in [-0.3, -0.25) is 4.79 Å². The number of nitrogens with one attached hydrogen (secondary N) is 2. The van der Waals surface area contributed by atoms with E-state index in [1.54, 1.807) is 36.5 Å². The summed E-state index contributed by atoms with van der Waals surface area (Å²) in [6, 6.07) is 10.1. The molecule has 0 aliphatic rings. The van der Waals surface area contributed by atoms with Crippen molar-refractivity contribution in [2.75, 3.05) is 10.6 Å². The fourth-order valence-electron chi connectivity index (χ4n) is 1.68. The summed E-state index contributed by atoms with van der Waals surface area (Å²) in [5, 5.41) is 5.80. The van der Waals surface area contributed by atoms with Crippen molar-refractivity contribution in [2.45, 2.75) is 20.4 Å². The predicted octanol–water partition coefficient (Wildman–Crippen LogP) is 3.43. The zero-order valence-electron chi connectivity index (χ0n) is 12.1. The third-order valence-corrected chi connectivity index (χ3v) is 2.98. The molecule has 0 fully saturated rings. The lowest BCUT2D eigenvalue weighted by atomic mass is 10.2. The number of amides is 1. The molecule has 0 spiro atoms. The molecule has 2 aromatic rings. The van der Waals surface area contributed by atoms with Gasteiger partial charge in [-0.25, -0.2) is 9.37 Å². The van der Waals surface area contributed by atoms with Crippen LogP contribution in [0.5, 0.6) is 0 Å². The molecular weight excluding hydrogens is 269 g/mol. The van der Waals surface area contributed by atoms with Crippen LogP contribution in [0.15, 0.2) is 42.6 Å². The van der Waals surface area contributed by atoms with Crippen LogP contribution < -0.4 is 10.6 Å². The molecule has 0 saturated heterocycles. The van der Waals surface area contributed by atoms with Crippen LogP contribution >= 0.6 is 0 Å². The Morgan fingerprint density at radius 3 is 2.62 bits per heavy atom. The monoisotopic (exact) mass is 287 g/mol. The summed E-state index contributed by atoms with van der Waals surface area (Å²) in [6.07, 6.45) is 1.61. The van der Waals surface area contributed by atoms with Crippen LogP contribution in [0.2, 0.25) is 0 Å². The number of carbonyl (C=O) groups is 1. The molecule has 5 heteroatoms. The van der Waals surface area contributed by atoms with Gasteiger partial charge < -0.3 is 10.6 Å². The molecule has 0 radical (unpaired) electrons. The molecule has 0 bridgehead atoms. The average molecular weight is 287 g/mol. The van der Waals surface area contributed by atoms with Crippen molar-refractivity contribution in [3.05, 3.63) is 54.0 Å². The highest BCUT2D eigenvalue weighted by Gasteiger charge is 2.07. The Bertz CT molecular complexity index is 611. The minimum atomic E-state index is -0.237. The average Bonchev–Trinajstić information content (AvgIpc) is 2.48. The van der Waals surface area contributed by atoms with Gasteiger partial charge in [0, 0.05) is 18.0 Å². The highest BCUT2D eigenvalue weighted by atomic mass is 19.1. The van der Waals surface area contributed by atoms with Crippen molar-refractivity contribution < 1.29 is 9.18 Å². The zero-order chi connectivity index (χ0) is 15.2. The van der Waals surface area contributed by atoms with Gasteiger partial charge in [0.05, 0.1) is 11.9 Å². The minimum absolute atomic E-state index is 0.0745. The van der Waals surface area contributed by atoms with Gasteiger partial charge >= 0.3 is 0 Å². The van der Waals surface area contributed by atoms with Gasteiger partial charge in [0.2, 0.25) is 5.91 Å². The van der Waals surface area contributed by atoms with E-state index >= 15 is 0 Å². The minimum Gasteiger partial charge on any atom is -0.380 e. The first-order valence-corrected chi connectivity index (χ1v) is 6.80. The van der Waals surface area contributed by atoms with Crippen LogP contribution in [-0.4, -0.2) is 10.9 Å². The maximum Gasteiger partial charge on any atom is 0.228 e. The van der Waals surface area contributed by atoms with Crippen LogP contribution in [0, 0.1) is 11.7 Å². The van der Waals surface area contributed by atoms with E-state index in [0.29, 0.717) is 17.9 Å². The van der Waals surface area contributed by atoms with Crippen molar-refractivity contribution in [1.29, 1.82) is 0 Å². The number of hydrogen-bond acceptors (Lipinski definition) is 3. The lowest BCUT2D eigenvalue weighted by molar-refractivity contribution is -0.118. The Balaban J connectivity index is 1.94. The van der Waals surface area contributed by atoms with E-state index in [1.807, 2.05) is 13.8 Å². The first-order valence-electron chi connectivity index (χ1n) is 6.80. The maximum absolute atomic E-state index is 13.5. The second-order valence-electron chi connectivity index (χ2n) is 5.02. The van der Waals surface area contributed by atoms with E-state index < -0.39 is 0 Å². The third kappa shape index (κ3) is 4.27. The predicted molar refractivity (Wildman–Crippen MR) is 81.4 cm³/mol. The van der Waals surface area contributed by atoms with E-state index in [1.165, 1.54) is 6.07 Å². The molecule has 21 heavy (non-hydrogen) atoms. The summed E-state index contributed by atoms with van der Waals surface area (Å²) >= 11 is 0. The first kappa shape index (κ1) is 15.0. The lowest BCUT2D eigenvalue weighted by Gasteiger charge is -2.09. The Hall–Kier alpha value is -2.43. The summed E-state index contributed by atoms with van der Waals surface area (Å²) in [5.41, 5.74) is 1.36. The third-order valence-electron chi connectivity index (χ3n) is 2.98. The molecule has 0 aliphatic heterocycles. The van der Waals surface area contributed by atoms with E-state index in [4.69, 9.17) is 0 Å². The van der Waals surface area contributed by atoms with Crippen molar-refractivity contribution in [3.63, 3.8) is 0 Å². The summed E-state index contributed by atoms with van der Waals surface area (Å²) < 4.78 is 13.5. The summed E-state index contributed by atoms with van der Waals surface area (Å²) in [5.74, 6) is 0.101. The molecule has 2 rings (SSSR count). The van der Waals surface area contributed by atoms with Crippen LogP contribution in [0.4, 0.5) is 15.9 Å². The topological polar surface area (TPSA) is 54.0 Å². The van der Waals surface area contributed by atoms with Gasteiger partial charge in [0.15, 0.2) is 0 Å². The highest BCUT2D eigenvalue weighted by molar-refractivity contribution is 5.91. The molecular formula is C16H18FN3O. The van der Waals surface area contributed by atoms with Gasteiger partial charge in [-0.05, 0) is 18.2 Å². The molecule has 1 aromatic heterocycles. The zero-order valence-corrected chi connectivity index (χ0v) is 12.1. The summed E-state index contributed by atoms with van der Waals surface area (Å²) in [7, 11) is 0. The lowest BCUT2D eigenvalue weighted by Crippen LogP contribution is -2.18. The number of anilines is 2. The van der Waals surface area contributed by atoms with E-state index in [2.05, 4.69) is 15.6 Å². The van der Waals surface area contributed by atoms with E-state index in [9.17, 15) is 9.18 Å². The number of rotatable bonds is 5. The highest BCUT2D eigenvalue weighted by Crippen LogP contribution is 2.13. The molecule has 1 aromatic carbocycles. The normalized spacial score (nSPS) is 10.5. The molecule has 110 valence electrons. The van der Waals surface area contributed by atoms with Gasteiger partial charge in [-0.1, -0.05) is 32.0 Å². The number of aromatic nitrogens is 1. The van der Waals surface area contributed by atoms with E-state index in [0.717, 1.165) is 5.69 Å². The molecule has 0 atom stereocenters. The molecule has 1 amide bonds. The largest absolute Gasteiger partial charge is 0.380 e. The fraction of sp³-hybridized carbons (Fsp3) is 0.250. The maximum atomic E-state index is 13.5. The molecule has 0 saturated carbocycles. The molecule has 1 heterocycles. The molecule has 0 aliphatic carbocycles. The Morgan fingerprint density at radius 1 is 1.24 bits per heavy atom. The smallest absolute Gasteiger partial charge is 0.228 e. The van der Waals surface area contributed by atoms with Crippen LogP contribution in [0.3, 0.4) is 0 Å². The standard InChI is InChI=1S/C16H18FN3O/c1-11(2)16(21)20-15-8-7-13(10-19-15)18-9-12-5-3-4-6-14(12)17/h3-8,10-11,18H,9H2,1-2H3,(H,19,20,21). The second-order valence-corrected chi connectivity index (χ2v) is 5.02. The van der Waals surface area contributed by atoms with Crippen LogP contribution in [-0.2, 0) is 11.3 Å². The number of pyridine rings is 1. The van der Waals surface area contributed by atoms with E-state index in [-0.39, 0.29) is 17.6 Å². The number of nitrogens with zero attached hydrogens (tertiary/aromatic N) is 1. The quantitative estimate of drug-likeness (QED) is 0.886. The number of halogens is 1. The Kier molecular flexibility index (Phi) is 4.87. The summed E-state index contributed by atoms with van der Waals surface area (Å²) in [6.45, 7) is 4.02. The van der Waals surface area contributed by atoms with Crippen molar-refractivity contribution in [3.8, 4) is 0 Å². The van der Waals surface area contributed by atoms with Crippen molar-refractivity contribution in [2.24, 2.45) is 5.92 Å². The number of hydrogen-bond donors (Lipinski definition) is 2. The molecule has 0 unspecified atom stereocenters. The fourth-order valence-corrected chi connectivity index (χ4v) is 1.68. The molecule has 4 nitrogen and oxygen atoms in total. The van der Waals surface area contributed by atoms with Gasteiger partial charge in [0.25, 0.3) is 0 Å². The Morgan fingerprint density at radius 2 is 2.00 bits per heavy atom. The number of carbonyl (C=O) groups excluding carboxylic acids is 1. The number of benzene rings is 1. The first-order chi connectivity index (χ1) is 10.1. The van der Waals surface area contributed by atoms with Gasteiger partial charge in [0.1, 0.15) is 11.6 Å². The van der Waals surface area contributed by atoms with Crippen molar-refractivity contribution in [1.82, 2.24) is 4.98 Å². The summed E-state index contributed by atoms with van der Waals surface area (Å²) in [4.78, 5) is 15.7.